The van der Waals surface area contributed by atoms with Gasteiger partial charge in [-0.2, -0.15) is 5.26 Å². The van der Waals surface area contributed by atoms with E-state index in [-0.39, 0.29) is 6.61 Å². The van der Waals surface area contributed by atoms with Crippen molar-refractivity contribution < 1.29 is 4.74 Å². The van der Waals surface area contributed by atoms with Gasteiger partial charge in [0.15, 0.2) is 6.61 Å². The molecule has 0 fully saturated rings. The van der Waals surface area contributed by atoms with Crippen molar-refractivity contribution in [2.24, 2.45) is 0 Å². The number of nitrogens with zero attached hydrogens (tertiary/aromatic N) is 1. The van der Waals surface area contributed by atoms with Crippen LogP contribution in [0.4, 0.5) is 5.69 Å². The number of aryl methyl sites for hydroxylation is 1. The normalized spacial score (nSPS) is 9.85. The number of hydrogen-bond acceptors (Lipinski definition) is 3. The fraction of sp³-hybridized carbons (Fsp3) is 0.188. The zero-order valence-corrected chi connectivity index (χ0v) is 13.3. The maximum absolute atomic E-state index is 8.51. The zero-order valence-electron chi connectivity index (χ0n) is 11.2. The molecule has 2 aromatic carbocycles. The fourth-order valence-electron chi connectivity index (χ4n) is 1.88. The Hall–Kier alpha value is -1.74. The summed E-state index contributed by atoms with van der Waals surface area (Å²) in [6.45, 7) is 2.90. The van der Waals surface area contributed by atoms with Crippen LogP contribution < -0.4 is 10.1 Å². The molecule has 0 aliphatic heterocycles. The Bertz CT molecular complexity index is 635. The van der Waals surface area contributed by atoms with E-state index in [1.807, 2.05) is 30.3 Å². The monoisotopic (exact) mass is 378 g/mol. The molecular formula is C16H15IN2O. The molecule has 102 valence electrons. The van der Waals surface area contributed by atoms with Crippen molar-refractivity contribution in [3.05, 3.63) is 57.2 Å². The molecule has 2 aromatic rings. The third kappa shape index (κ3) is 4.14. The maximum atomic E-state index is 8.51. The summed E-state index contributed by atoms with van der Waals surface area (Å²) in [5.74, 6) is 0.727. The van der Waals surface area contributed by atoms with Crippen molar-refractivity contribution in [1.29, 1.82) is 5.26 Å². The van der Waals surface area contributed by atoms with Crippen LogP contribution in [-0.4, -0.2) is 6.61 Å². The standard InChI is InChI=1S/C16H15IN2O/c1-12-9-14(17)5-6-16(12)19-11-13-3-2-4-15(10-13)20-8-7-18/h2-6,9-10,19H,8,11H2,1H3. The van der Waals surface area contributed by atoms with E-state index in [1.165, 1.54) is 9.13 Å². The molecule has 0 amide bonds. The highest BCUT2D eigenvalue weighted by Gasteiger charge is 2.00. The summed E-state index contributed by atoms with van der Waals surface area (Å²) < 4.78 is 6.53. The second-order valence-corrected chi connectivity index (χ2v) is 5.65. The number of nitrogens with one attached hydrogen (secondary N) is 1. The van der Waals surface area contributed by atoms with Gasteiger partial charge < -0.3 is 10.1 Å². The Kier molecular flexibility index (Phi) is 5.24. The molecule has 0 aromatic heterocycles. The Morgan fingerprint density at radius 3 is 2.85 bits per heavy atom. The molecule has 0 bridgehead atoms. The van der Waals surface area contributed by atoms with E-state index >= 15 is 0 Å². The van der Waals surface area contributed by atoms with Crippen molar-refractivity contribution in [1.82, 2.24) is 0 Å². The summed E-state index contributed by atoms with van der Waals surface area (Å²) in [7, 11) is 0. The van der Waals surface area contributed by atoms with Gasteiger partial charge in [0.05, 0.1) is 0 Å². The van der Waals surface area contributed by atoms with Crippen molar-refractivity contribution in [3.8, 4) is 11.8 Å². The number of hydrogen-bond donors (Lipinski definition) is 1. The molecule has 1 N–H and O–H groups in total. The van der Waals surface area contributed by atoms with E-state index < -0.39 is 0 Å². The van der Waals surface area contributed by atoms with Gasteiger partial charge in [0, 0.05) is 15.8 Å². The molecule has 0 spiro atoms. The third-order valence-corrected chi connectivity index (χ3v) is 3.54. The van der Waals surface area contributed by atoms with Crippen molar-refractivity contribution in [3.63, 3.8) is 0 Å². The number of nitriles is 1. The Labute approximate surface area is 132 Å². The molecular weight excluding hydrogens is 363 g/mol. The fourth-order valence-corrected chi connectivity index (χ4v) is 2.53. The van der Waals surface area contributed by atoms with Gasteiger partial charge in [-0.3, -0.25) is 0 Å². The van der Waals surface area contributed by atoms with Crippen molar-refractivity contribution >= 4 is 28.3 Å². The van der Waals surface area contributed by atoms with Gasteiger partial charge in [0.2, 0.25) is 0 Å². The lowest BCUT2D eigenvalue weighted by Gasteiger charge is -2.11. The van der Waals surface area contributed by atoms with Gasteiger partial charge in [-0.15, -0.1) is 0 Å². The van der Waals surface area contributed by atoms with Crippen LogP contribution in [0.15, 0.2) is 42.5 Å². The molecule has 0 aliphatic rings. The summed E-state index contributed by atoms with van der Waals surface area (Å²) in [4.78, 5) is 0. The lowest BCUT2D eigenvalue weighted by Crippen LogP contribution is -2.02. The second kappa shape index (κ2) is 7.15. The highest BCUT2D eigenvalue weighted by atomic mass is 127. The van der Waals surface area contributed by atoms with Crippen LogP contribution in [0.3, 0.4) is 0 Å². The van der Waals surface area contributed by atoms with Crippen LogP contribution in [-0.2, 0) is 6.54 Å². The average Bonchev–Trinajstić information content (AvgIpc) is 2.45. The van der Waals surface area contributed by atoms with Gasteiger partial charge in [0.1, 0.15) is 11.8 Å². The van der Waals surface area contributed by atoms with Gasteiger partial charge in [-0.25, -0.2) is 0 Å². The molecule has 2 rings (SSSR count). The van der Waals surface area contributed by atoms with Crippen molar-refractivity contribution in [2.45, 2.75) is 13.5 Å². The molecule has 4 heteroatoms. The number of ether oxygens (including phenoxy) is 1. The second-order valence-electron chi connectivity index (χ2n) is 4.41. The Balaban J connectivity index is 2.01. The minimum atomic E-state index is 0.0765. The molecule has 0 saturated carbocycles. The summed E-state index contributed by atoms with van der Waals surface area (Å²) in [5.41, 5.74) is 3.49. The largest absolute Gasteiger partial charge is 0.479 e. The first kappa shape index (κ1) is 14.7. The van der Waals surface area contributed by atoms with E-state index in [1.54, 1.807) is 0 Å². The first-order valence-electron chi connectivity index (χ1n) is 6.28. The highest BCUT2D eigenvalue weighted by Crippen LogP contribution is 2.19. The summed E-state index contributed by atoms with van der Waals surface area (Å²) in [6, 6.07) is 16.1. The average molecular weight is 378 g/mol. The predicted molar refractivity (Wildman–Crippen MR) is 88.8 cm³/mol. The van der Waals surface area contributed by atoms with Gasteiger partial charge in [0.25, 0.3) is 0 Å². The van der Waals surface area contributed by atoms with E-state index in [0.29, 0.717) is 0 Å². The molecule has 0 aliphatic carbocycles. The molecule has 0 atom stereocenters. The first-order valence-corrected chi connectivity index (χ1v) is 7.35. The minimum Gasteiger partial charge on any atom is -0.479 e. The van der Waals surface area contributed by atoms with E-state index in [9.17, 15) is 0 Å². The number of benzene rings is 2. The lowest BCUT2D eigenvalue weighted by atomic mass is 10.1. The topological polar surface area (TPSA) is 45.0 Å². The molecule has 20 heavy (non-hydrogen) atoms. The summed E-state index contributed by atoms with van der Waals surface area (Å²) in [6.07, 6.45) is 0. The Morgan fingerprint density at radius 1 is 1.25 bits per heavy atom. The SMILES string of the molecule is Cc1cc(I)ccc1NCc1cccc(OCC#N)c1. The van der Waals surface area contributed by atoms with E-state index in [0.717, 1.165) is 23.5 Å². The molecule has 0 unspecified atom stereocenters. The van der Waals surface area contributed by atoms with Gasteiger partial charge in [-0.05, 0) is 71.0 Å². The Morgan fingerprint density at radius 2 is 2.10 bits per heavy atom. The summed E-state index contributed by atoms with van der Waals surface area (Å²) >= 11 is 2.31. The molecule has 0 saturated heterocycles. The number of anilines is 1. The van der Waals surface area contributed by atoms with Crippen LogP contribution in [0, 0.1) is 21.8 Å². The van der Waals surface area contributed by atoms with Crippen LogP contribution in [0.2, 0.25) is 0 Å². The quantitative estimate of drug-likeness (QED) is 0.797. The van der Waals surface area contributed by atoms with E-state index in [4.69, 9.17) is 10.00 Å². The molecule has 0 heterocycles. The van der Waals surface area contributed by atoms with Crippen LogP contribution >= 0.6 is 22.6 Å². The molecule has 0 radical (unpaired) electrons. The highest BCUT2D eigenvalue weighted by molar-refractivity contribution is 14.1. The van der Waals surface area contributed by atoms with Crippen LogP contribution in [0.25, 0.3) is 0 Å². The third-order valence-electron chi connectivity index (χ3n) is 2.87. The number of halogens is 1. The van der Waals surface area contributed by atoms with Crippen LogP contribution in [0.5, 0.6) is 5.75 Å². The maximum Gasteiger partial charge on any atom is 0.174 e. The van der Waals surface area contributed by atoms with Gasteiger partial charge in [-0.1, -0.05) is 12.1 Å². The minimum absolute atomic E-state index is 0.0765. The molecule has 3 nitrogen and oxygen atoms in total. The van der Waals surface area contributed by atoms with Crippen LogP contribution in [0.1, 0.15) is 11.1 Å². The first-order chi connectivity index (χ1) is 9.69. The number of rotatable bonds is 5. The smallest absolute Gasteiger partial charge is 0.174 e. The van der Waals surface area contributed by atoms with E-state index in [2.05, 4.69) is 53.0 Å². The predicted octanol–water partition coefficient (Wildman–Crippen LogP) is 4.11. The van der Waals surface area contributed by atoms with Gasteiger partial charge >= 0.3 is 0 Å². The van der Waals surface area contributed by atoms with Crippen molar-refractivity contribution in [2.75, 3.05) is 11.9 Å². The summed E-state index contributed by atoms with van der Waals surface area (Å²) in [5, 5.41) is 11.9. The lowest BCUT2D eigenvalue weighted by molar-refractivity contribution is 0.368. The zero-order chi connectivity index (χ0) is 14.4.